The van der Waals surface area contributed by atoms with Gasteiger partial charge in [0, 0.05) is 28.9 Å². The van der Waals surface area contributed by atoms with Crippen LogP contribution in [0.1, 0.15) is 32.3 Å². The maximum atomic E-state index is 11.8. The van der Waals surface area contributed by atoms with Crippen LogP contribution in [0.3, 0.4) is 0 Å². The summed E-state index contributed by atoms with van der Waals surface area (Å²) in [6, 6.07) is 7.50. The molecule has 0 spiro atoms. The minimum Gasteiger partial charge on any atom is -0.396 e. The summed E-state index contributed by atoms with van der Waals surface area (Å²) in [6.07, 6.45) is 1.97. The number of halogens is 1. The number of amides is 2. The van der Waals surface area contributed by atoms with E-state index in [1.54, 1.807) is 0 Å². The molecule has 1 saturated carbocycles. The van der Waals surface area contributed by atoms with Gasteiger partial charge < -0.3 is 15.7 Å². The molecule has 1 aromatic rings. The van der Waals surface area contributed by atoms with Crippen molar-refractivity contribution in [3.63, 3.8) is 0 Å². The van der Waals surface area contributed by atoms with Crippen LogP contribution in [0.4, 0.5) is 4.79 Å². The molecule has 1 aliphatic rings. The van der Waals surface area contributed by atoms with Gasteiger partial charge in [0.25, 0.3) is 0 Å². The van der Waals surface area contributed by atoms with Gasteiger partial charge in [-0.05, 0) is 30.5 Å². The number of nitrogens with one attached hydrogen (secondary N) is 2. The number of benzene rings is 1. The molecule has 0 aliphatic heterocycles. The van der Waals surface area contributed by atoms with Crippen LogP contribution in [-0.4, -0.2) is 30.8 Å². The zero-order valence-corrected chi connectivity index (χ0v) is 13.3. The highest BCUT2D eigenvalue weighted by atomic mass is 35.5. The SMILES string of the molecule is CC(C)(CNC(=O)NCC1(CO)CC1)c1cccc(Cl)c1. The largest absolute Gasteiger partial charge is 0.396 e. The average molecular weight is 311 g/mol. The van der Waals surface area contributed by atoms with Gasteiger partial charge in [0.05, 0.1) is 6.61 Å². The van der Waals surface area contributed by atoms with E-state index in [4.69, 9.17) is 11.6 Å². The van der Waals surface area contributed by atoms with Crippen LogP contribution in [0.5, 0.6) is 0 Å². The second kappa shape index (κ2) is 6.24. The van der Waals surface area contributed by atoms with Crippen LogP contribution < -0.4 is 10.6 Å². The number of hydrogen-bond donors (Lipinski definition) is 3. The molecule has 5 heteroatoms. The molecule has 3 N–H and O–H groups in total. The van der Waals surface area contributed by atoms with E-state index >= 15 is 0 Å². The van der Waals surface area contributed by atoms with Crippen LogP contribution in [0.15, 0.2) is 24.3 Å². The summed E-state index contributed by atoms with van der Waals surface area (Å²) in [7, 11) is 0. The Balaban J connectivity index is 1.82. The van der Waals surface area contributed by atoms with Gasteiger partial charge in [0.2, 0.25) is 0 Å². The zero-order valence-electron chi connectivity index (χ0n) is 12.6. The van der Waals surface area contributed by atoms with Gasteiger partial charge in [0.15, 0.2) is 0 Å². The van der Waals surface area contributed by atoms with Crippen molar-refractivity contribution in [1.82, 2.24) is 10.6 Å². The first kappa shape index (κ1) is 16.1. The molecule has 0 aromatic heterocycles. The number of urea groups is 1. The quantitative estimate of drug-likeness (QED) is 0.756. The molecule has 1 aliphatic carbocycles. The average Bonchev–Trinajstić information content (AvgIpc) is 3.24. The minimum absolute atomic E-state index is 0.0696. The van der Waals surface area contributed by atoms with E-state index in [9.17, 15) is 9.90 Å². The zero-order chi connectivity index (χ0) is 15.5. The third-order valence-corrected chi connectivity index (χ3v) is 4.45. The Hall–Kier alpha value is -1.26. The summed E-state index contributed by atoms with van der Waals surface area (Å²) in [4.78, 5) is 11.8. The van der Waals surface area contributed by atoms with Gasteiger partial charge >= 0.3 is 6.03 Å². The van der Waals surface area contributed by atoms with Crippen LogP contribution in [-0.2, 0) is 5.41 Å². The monoisotopic (exact) mass is 310 g/mol. The summed E-state index contributed by atoms with van der Waals surface area (Å²) in [5.74, 6) is 0. The van der Waals surface area contributed by atoms with Crippen molar-refractivity contribution in [1.29, 1.82) is 0 Å². The molecule has 0 heterocycles. The molecular weight excluding hydrogens is 288 g/mol. The topological polar surface area (TPSA) is 61.4 Å². The normalized spacial score (nSPS) is 16.4. The predicted molar refractivity (Wildman–Crippen MR) is 84.6 cm³/mol. The van der Waals surface area contributed by atoms with Gasteiger partial charge in [-0.3, -0.25) is 0 Å². The molecular formula is C16H23ClN2O2. The van der Waals surface area contributed by atoms with Crippen LogP contribution in [0.25, 0.3) is 0 Å². The highest BCUT2D eigenvalue weighted by Crippen LogP contribution is 2.44. The number of rotatable bonds is 6. The van der Waals surface area contributed by atoms with Gasteiger partial charge in [-0.2, -0.15) is 0 Å². The summed E-state index contributed by atoms with van der Waals surface area (Å²) < 4.78 is 0. The molecule has 1 fully saturated rings. The fourth-order valence-electron chi connectivity index (χ4n) is 2.21. The molecule has 0 unspecified atom stereocenters. The smallest absolute Gasteiger partial charge is 0.314 e. The molecule has 0 atom stereocenters. The molecule has 0 bridgehead atoms. The van der Waals surface area contributed by atoms with E-state index in [-0.39, 0.29) is 23.5 Å². The van der Waals surface area contributed by atoms with Gasteiger partial charge in [-0.1, -0.05) is 37.6 Å². The maximum absolute atomic E-state index is 11.8. The number of aliphatic hydroxyl groups is 1. The van der Waals surface area contributed by atoms with E-state index in [1.807, 2.05) is 24.3 Å². The second-order valence-corrected chi connectivity index (χ2v) is 7.03. The number of carbonyl (C=O) groups is 1. The van der Waals surface area contributed by atoms with E-state index in [0.717, 1.165) is 18.4 Å². The molecule has 1 aromatic carbocycles. The lowest BCUT2D eigenvalue weighted by atomic mass is 9.85. The first-order valence-electron chi connectivity index (χ1n) is 7.26. The number of aliphatic hydroxyl groups excluding tert-OH is 1. The van der Waals surface area contributed by atoms with Crippen LogP contribution in [0, 0.1) is 5.41 Å². The molecule has 21 heavy (non-hydrogen) atoms. The summed E-state index contributed by atoms with van der Waals surface area (Å²) in [5.41, 5.74) is 0.820. The molecule has 2 rings (SSSR count). The Bertz CT molecular complexity index is 513. The fraction of sp³-hybridized carbons (Fsp3) is 0.562. The Labute approximate surface area is 130 Å². The van der Waals surface area contributed by atoms with E-state index < -0.39 is 0 Å². The van der Waals surface area contributed by atoms with E-state index in [1.165, 1.54) is 0 Å². The summed E-state index contributed by atoms with van der Waals surface area (Å²) >= 11 is 6.01. The van der Waals surface area contributed by atoms with Crippen LogP contribution >= 0.6 is 11.6 Å². The lowest BCUT2D eigenvalue weighted by Crippen LogP contribution is -2.44. The molecule has 2 amide bonds. The Morgan fingerprint density at radius 3 is 2.67 bits per heavy atom. The summed E-state index contributed by atoms with van der Waals surface area (Å²) in [5, 5.41) is 15.6. The van der Waals surface area contributed by atoms with E-state index in [2.05, 4.69) is 24.5 Å². The highest BCUT2D eigenvalue weighted by molar-refractivity contribution is 6.30. The van der Waals surface area contributed by atoms with Gasteiger partial charge in [-0.25, -0.2) is 4.79 Å². The maximum Gasteiger partial charge on any atom is 0.314 e. The van der Waals surface area contributed by atoms with Crippen LogP contribution in [0.2, 0.25) is 5.02 Å². The minimum atomic E-state index is -0.198. The molecule has 4 nitrogen and oxygen atoms in total. The molecule has 116 valence electrons. The fourth-order valence-corrected chi connectivity index (χ4v) is 2.40. The number of carbonyl (C=O) groups excluding carboxylic acids is 1. The Kier molecular flexibility index (Phi) is 4.79. The first-order valence-corrected chi connectivity index (χ1v) is 7.63. The van der Waals surface area contributed by atoms with Gasteiger partial charge in [-0.15, -0.1) is 0 Å². The van der Waals surface area contributed by atoms with Gasteiger partial charge in [0.1, 0.15) is 0 Å². The molecule has 0 radical (unpaired) electrons. The van der Waals surface area contributed by atoms with Crippen molar-refractivity contribution in [2.24, 2.45) is 5.41 Å². The Morgan fingerprint density at radius 2 is 2.10 bits per heavy atom. The predicted octanol–water partition coefficient (Wildman–Crippen LogP) is 2.69. The first-order chi connectivity index (χ1) is 9.87. The highest BCUT2D eigenvalue weighted by Gasteiger charge is 2.42. The second-order valence-electron chi connectivity index (χ2n) is 6.59. The third kappa shape index (κ3) is 4.35. The Morgan fingerprint density at radius 1 is 1.38 bits per heavy atom. The lowest BCUT2D eigenvalue weighted by Gasteiger charge is -2.26. The number of hydrogen-bond acceptors (Lipinski definition) is 2. The van der Waals surface area contributed by atoms with Crippen molar-refractivity contribution in [2.45, 2.75) is 32.1 Å². The lowest BCUT2D eigenvalue weighted by molar-refractivity contribution is 0.202. The van der Waals surface area contributed by atoms with Crippen molar-refractivity contribution in [3.05, 3.63) is 34.9 Å². The van der Waals surface area contributed by atoms with Crippen molar-refractivity contribution >= 4 is 17.6 Å². The summed E-state index contributed by atoms with van der Waals surface area (Å²) in [6.45, 7) is 5.32. The third-order valence-electron chi connectivity index (χ3n) is 4.21. The van der Waals surface area contributed by atoms with Crippen molar-refractivity contribution < 1.29 is 9.90 Å². The standard InChI is InChI=1S/C16H23ClN2O2/c1-15(2,12-4-3-5-13(17)8-12)9-18-14(21)19-10-16(11-20)6-7-16/h3-5,8,20H,6-7,9-11H2,1-2H3,(H2,18,19,21). The van der Waals surface area contributed by atoms with E-state index in [0.29, 0.717) is 18.1 Å². The van der Waals surface area contributed by atoms with Crippen molar-refractivity contribution in [3.8, 4) is 0 Å². The van der Waals surface area contributed by atoms with Crippen molar-refractivity contribution in [2.75, 3.05) is 19.7 Å². The molecule has 0 saturated heterocycles.